The molecule has 0 heterocycles. The highest BCUT2D eigenvalue weighted by Gasteiger charge is 2.44. The van der Waals surface area contributed by atoms with Crippen LogP contribution in [0.25, 0.3) is 0 Å². The number of para-hydroxylation sites is 1. The van der Waals surface area contributed by atoms with Crippen molar-refractivity contribution in [2.24, 2.45) is 5.41 Å². The van der Waals surface area contributed by atoms with Crippen molar-refractivity contribution in [1.29, 1.82) is 0 Å². The molecular formula is C22H27ClN2O2. The number of amides is 2. The zero-order chi connectivity index (χ0) is 19.5. The number of hydrogen-bond acceptors (Lipinski definition) is 2. The molecule has 3 N–H and O–H groups in total. The Morgan fingerprint density at radius 1 is 1.11 bits per heavy atom. The summed E-state index contributed by atoms with van der Waals surface area (Å²) in [7, 11) is 0. The molecule has 0 radical (unpaired) electrons. The van der Waals surface area contributed by atoms with Gasteiger partial charge < -0.3 is 15.7 Å². The van der Waals surface area contributed by atoms with Crippen molar-refractivity contribution < 1.29 is 9.90 Å². The van der Waals surface area contributed by atoms with E-state index in [1.807, 2.05) is 30.3 Å². The first kappa shape index (κ1) is 19.7. The summed E-state index contributed by atoms with van der Waals surface area (Å²) in [6, 6.07) is 17.0. The van der Waals surface area contributed by atoms with Crippen LogP contribution >= 0.6 is 11.6 Å². The van der Waals surface area contributed by atoms with Gasteiger partial charge in [-0.25, -0.2) is 4.79 Å². The summed E-state index contributed by atoms with van der Waals surface area (Å²) in [4.78, 5) is 12.5. The number of benzene rings is 2. The second-order valence-corrected chi connectivity index (χ2v) is 8.74. The maximum absolute atomic E-state index is 12.5. The molecule has 144 valence electrons. The monoisotopic (exact) mass is 386 g/mol. The van der Waals surface area contributed by atoms with E-state index in [0.29, 0.717) is 23.7 Å². The van der Waals surface area contributed by atoms with Gasteiger partial charge in [0.25, 0.3) is 0 Å². The van der Waals surface area contributed by atoms with Crippen molar-refractivity contribution in [3.05, 3.63) is 65.2 Å². The highest BCUT2D eigenvalue weighted by atomic mass is 35.5. The highest BCUT2D eigenvalue weighted by Crippen LogP contribution is 2.47. The topological polar surface area (TPSA) is 61.4 Å². The molecule has 2 amide bonds. The molecule has 5 heteroatoms. The first-order valence-electron chi connectivity index (χ1n) is 9.33. The molecule has 1 saturated carbocycles. The third-order valence-corrected chi connectivity index (χ3v) is 5.66. The minimum Gasteiger partial charge on any atom is -0.393 e. The fourth-order valence-electron chi connectivity index (χ4n) is 4.45. The lowest BCUT2D eigenvalue weighted by Crippen LogP contribution is -2.50. The predicted molar refractivity (Wildman–Crippen MR) is 110 cm³/mol. The molecule has 27 heavy (non-hydrogen) atoms. The van der Waals surface area contributed by atoms with Crippen molar-refractivity contribution in [1.82, 2.24) is 5.32 Å². The number of halogens is 1. The number of hydrogen-bond donors (Lipinski definition) is 3. The van der Waals surface area contributed by atoms with Gasteiger partial charge in [-0.1, -0.05) is 67.9 Å². The SMILES string of the molecule is CC1(C)CC(O)CC(CNC(=O)Nc2ccccc2Cl)(c2ccccc2)C1. The Bertz CT molecular complexity index is 794. The smallest absolute Gasteiger partial charge is 0.319 e. The van der Waals surface area contributed by atoms with Crippen LogP contribution in [0.5, 0.6) is 0 Å². The van der Waals surface area contributed by atoms with Crippen LogP contribution in [0.15, 0.2) is 54.6 Å². The predicted octanol–water partition coefficient (Wildman–Crippen LogP) is 4.97. The molecule has 0 aromatic heterocycles. The van der Waals surface area contributed by atoms with E-state index in [1.165, 1.54) is 0 Å². The average molecular weight is 387 g/mol. The molecule has 0 aliphatic heterocycles. The summed E-state index contributed by atoms with van der Waals surface area (Å²) in [5, 5.41) is 16.8. The van der Waals surface area contributed by atoms with Crippen molar-refractivity contribution in [2.75, 3.05) is 11.9 Å². The standard InChI is InChI=1S/C22H27ClN2O2/c1-21(2)12-17(26)13-22(14-21,16-8-4-3-5-9-16)15-24-20(27)25-19-11-7-6-10-18(19)23/h3-11,17,26H,12-15H2,1-2H3,(H2,24,25,27). The molecule has 0 spiro atoms. The lowest BCUT2D eigenvalue weighted by Gasteiger charge is -2.47. The molecule has 1 fully saturated rings. The van der Waals surface area contributed by atoms with Gasteiger partial charge in [-0.05, 0) is 42.4 Å². The Morgan fingerprint density at radius 2 is 1.78 bits per heavy atom. The maximum Gasteiger partial charge on any atom is 0.319 e. The fourth-order valence-corrected chi connectivity index (χ4v) is 4.63. The summed E-state index contributed by atoms with van der Waals surface area (Å²) in [6.07, 6.45) is 1.91. The van der Waals surface area contributed by atoms with Gasteiger partial charge in [0, 0.05) is 12.0 Å². The molecule has 1 aliphatic rings. The van der Waals surface area contributed by atoms with E-state index in [0.717, 1.165) is 18.4 Å². The first-order chi connectivity index (χ1) is 12.8. The van der Waals surface area contributed by atoms with Crippen LogP contribution in [-0.2, 0) is 5.41 Å². The van der Waals surface area contributed by atoms with Gasteiger partial charge in [0.15, 0.2) is 0 Å². The molecule has 2 aromatic carbocycles. The summed E-state index contributed by atoms with van der Waals surface area (Å²) in [6.45, 7) is 4.81. The summed E-state index contributed by atoms with van der Waals surface area (Å²) >= 11 is 6.12. The Balaban J connectivity index is 1.78. The molecule has 2 atom stereocenters. The van der Waals surface area contributed by atoms with E-state index in [9.17, 15) is 9.90 Å². The molecule has 0 bridgehead atoms. The number of anilines is 1. The number of nitrogens with one attached hydrogen (secondary N) is 2. The van der Waals surface area contributed by atoms with Gasteiger partial charge in [0.2, 0.25) is 0 Å². The lowest BCUT2D eigenvalue weighted by atomic mass is 9.60. The van der Waals surface area contributed by atoms with Gasteiger partial charge in [0.1, 0.15) is 0 Å². The third kappa shape index (κ3) is 4.82. The van der Waals surface area contributed by atoms with Gasteiger partial charge >= 0.3 is 6.03 Å². The Labute approximate surface area is 165 Å². The van der Waals surface area contributed by atoms with E-state index in [2.05, 4.69) is 36.6 Å². The fraction of sp³-hybridized carbons (Fsp3) is 0.409. The lowest BCUT2D eigenvalue weighted by molar-refractivity contribution is 0.0184. The second-order valence-electron chi connectivity index (χ2n) is 8.34. The molecule has 2 aromatic rings. The summed E-state index contributed by atoms with van der Waals surface area (Å²) in [5.74, 6) is 0. The molecule has 4 nitrogen and oxygen atoms in total. The van der Waals surface area contributed by atoms with Crippen LogP contribution in [0.4, 0.5) is 10.5 Å². The van der Waals surface area contributed by atoms with Crippen LogP contribution in [0.2, 0.25) is 5.02 Å². The van der Waals surface area contributed by atoms with Crippen molar-refractivity contribution in [3.63, 3.8) is 0 Å². The number of urea groups is 1. The van der Waals surface area contributed by atoms with E-state index < -0.39 is 0 Å². The van der Waals surface area contributed by atoms with Crippen molar-refractivity contribution in [2.45, 2.75) is 44.6 Å². The largest absolute Gasteiger partial charge is 0.393 e. The number of carbonyl (C=O) groups excluding carboxylic acids is 1. The number of aliphatic hydroxyl groups is 1. The Kier molecular flexibility index (Phi) is 5.78. The zero-order valence-electron chi connectivity index (χ0n) is 15.8. The molecule has 2 unspecified atom stereocenters. The van der Waals surface area contributed by atoms with Gasteiger partial charge in [-0.15, -0.1) is 0 Å². The van der Waals surface area contributed by atoms with Crippen LogP contribution in [0.3, 0.4) is 0 Å². The zero-order valence-corrected chi connectivity index (χ0v) is 16.6. The van der Waals surface area contributed by atoms with E-state index in [4.69, 9.17) is 11.6 Å². The number of carbonyl (C=O) groups is 1. The molecule has 1 aliphatic carbocycles. The minimum atomic E-state index is -0.387. The summed E-state index contributed by atoms with van der Waals surface area (Å²) < 4.78 is 0. The van der Waals surface area contributed by atoms with E-state index in [-0.39, 0.29) is 23.0 Å². The van der Waals surface area contributed by atoms with Crippen LogP contribution < -0.4 is 10.6 Å². The number of aliphatic hydroxyl groups excluding tert-OH is 1. The van der Waals surface area contributed by atoms with Gasteiger partial charge in [-0.3, -0.25) is 0 Å². The van der Waals surface area contributed by atoms with Gasteiger partial charge in [0.05, 0.1) is 16.8 Å². The maximum atomic E-state index is 12.5. The van der Waals surface area contributed by atoms with Crippen molar-refractivity contribution >= 4 is 23.3 Å². The molecule has 3 rings (SSSR count). The third-order valence-electron chi connectivity index (χ3n) is 5.33. The van der Waals surface area contributed by atoms with Crippen LogP contribution in [0.1, 0.15) is 38.7 Å². The molecule has 0 saturated heterocycles. The highest BCUT2D eigenvalue weighted by molar-refractivity contribution is 6.33. The van der Waals surface area contributed by atoms with Crippen LogP contribution in [-0.4, -0.2) is 23.8 Å². The van der Waals surface area contributed by atoms with E-state index >= 15 is 0 Å². The van der Waals surface area contributed by atoms with E-state index in [1.54, 1.807) is 12.1 Å². The molecular weight excluding hydrogens is 360 g/mol. The Hall–Kier alpha value is -2.04. The Morgan fingerprint density at radius 3 is 2.44 bits per heavy atom. The average Bonchev–Trinajstić information content (AvgIpc) is 2.61. The second kappa shape index (κ2) is 7.91. The minimum absolute atomic E-state index is 0.00555. The van der Waals surface area contributed by atoms with Crippen LogP contribution in [0, 0.1) is 5.41 Å². The quantitative estimate of drug-likeness (QED) is 0.694. The normalized spacial score (nSPS) is 24.2. The first-order valence-corrected chi connectivity index (χ1v) is 9.71. The van der Waals surface area contributed by atoms with Gasteiger partial charge in [-0.2, -0.15) is 0 Å². The summed E-state index contributed by atoms with van der Waals surface area (Å²) in [5.41, 5.74) is 1.42. The van der Waals surface area contributed by atoms with Crippen molar-refractivity contribution in [3.8, 4) is 0 Å². The number of rotatable bonds is 4.